The third-order valence-electron chi connectivity index (χ3n) is 3.21. The molecule has 1 heterocycles. The summed E-state index contributed by atoms with van der Waals surface area (Å²) in [6.45, 7) is 0.256. The SMILES string of the molecule is C[14C](=O)N[C@H]1[C@H]([C@H](O)[C@H](O)CO)OC(O)(C(=O)O)C[C@@H]1O.O=P(O)(O)O. The second-order valence-corrected chi connectivity index (χ2v) is 6.45. The lowest BCUT2D eigenvalue weighted by molar-refractivity contribution is -0.295. The number of aliphatic carboxylic acids is 1. The third-order valence-corrected chi connectivity index (χ3v) is 3.21. The second-order valence-electron chi connectivity index (χ2n) is 5.42. The van der Waals surface area contributed by atoms with Crippen LogP contribution in [0.3, 0.4) is 0 Å². The zero-order valence-electron chi connectivity index (χ0n) is 13.4. The van der Waals surface area contributed by atoms with E-state index in [9.17, 15) is 30.0 Å². The molecule has 1 aliphatic rings. The van der Waals surface area contributed by atoms with Gasteiger partial charge in [-0.25, -0.2) is 9.36 Å². The molecule has 6 atom stereocenters. The van der Waals surface area contributed by atoms with Gasteiger partial charge in [0.25, 0.3) is 5.79 Å². The van der Waals surface area contributed by atoms with Crippen LogP contribution in [0.5, 0.6) is 0 Å². The van der Waals surface area contributed by atoms with Gasteiger partial charge in [-0.3, -0.25) is 4.79 Å². The molecule has 0 aromatic carbocycles. The highest BCUT2D eigenvalue weighted by molar-refractivity contribution is 7.45. The number of aliphatic hydroxyl groups is 5. The summed E-state index contributed by atoms with van der Waals surface area (Å²) in [7, 11) is -4.64. The molecule has 10 N–H and O–H groups in total. The maximum absolute atomic E-state index is 11.1. The number of ether oxygens (including phenoxy) is 1. The van der Waals surface area contributed by atoms with Crippen molar-refractivity contribution >= 4 is 19.7 Å². The molecule has 15 heteroatoms. The van der Waals surface area contributed by atoms with Gasteiger partial charge >= 0.3 is 13.8 Å². The highest BCUT2D eigenvalue weighted by Crippen LogP contribution is 2.30. The smallest absolute Gasteiger partial charge is 0.466 e. The number of nitrogens with one attached hydrogen (secondary N) is 1. The van der Waals surface area contributed by atoms with Gasteiger partial charge in [-0.05, 0) is 0 Å². The van der Waals surface area contributed by atoms with Crippen LogP contribution in [-0.2, 0) is 18.9 Å². The Morgan fingerprint density at radius 1 is 1.38 bits per heavy atom. The molecule has 1 saturated heterocycles. The van der Waals surface area contributed by atoms with Crippen LogP contribution in [0.1, 0.15) is 13.3 Å². The van der Waals surface area contributed by atoms with Crippen LogP contribution in [0.25, 0.3) is 0 Å². The molecule has 14 nitrogen and oxygen atoms in total. The monoisotopic (exact) mass is 409 g/mol. The quantitative estimate of drug-likeness (QED) is 0.191. The van der Waals surface area contributed by atoms with Gasteiger partial charge in [0.15, 0.2) is 0 Å². The lowest BCUT2D eigenvalue weighted by Crippen LogP contribution is -2.67. The first kappa shape index (κ1) is 24.8. The zero-order chi connectivity index (χ0) is 20.9. The van der Waals surface area contributed by atoms with Crippen LogP contribution in [0, 0.1) is 0 Å². The third kappa shape index (κ3) is 8.01. The topological polar surface area (TPSA) is 255 Å². The molecule has 1 unspecified atom stereocenters. The summed E-state index contributed by atoms with van der Waals surface area (Å²) >= 11 is 0. The summed E-state index contributed by atoms with van der Waals surface area (Å²) in [5.41, 5.74) is 0. The molecule has 0 aliphatic carbocycles. The van der Waals surface area contributed by atoms with Gasteiger partial charge in [0.1, 0.15) is 18.3 Å². The maximum Gasteiger partial charge on any atom is 0.466 e. The summed E-state index contributed by atoms with van der Waals surface area (Å²) in [4.78, 5) is 43.7. The van der Waals surface area contributed by atoms with Crippen molar-refractivity contribution in [3.8, 4) is 0 Å². The Hall–Kier alpha value is -1.19. The molecule has 154 valence electrons. The minimum absolute atomic E-state index is 0.598. The minimum Gasteiger partial charge on any atom is -0.477 e. The molecular formula is C11H22NO13P. The van der Waals surface area contributed by atoms with Gasteiger partial charge in [0.05, 0.1) is 18.8 Å². The molecule has 0 radical (unpaired) electrons. The van der Waals surface area contributed by atoms with E-state index in [2.05, 4.69) is 5.32 Å². The molecule has 0 saturated carbocycles. The average molecular weight is 409 g/mol. The molecule has 1 amide bonds. The van der Waals surface area contributed by atoms with Crippen LogP contribution >= 0.6 is 7.82 Å². The fourth-order valence-corrected chi connectivity index (χ4v) is 2.14. The Balaban J connectivity index is 0.00000110. The van der Waals surface area contributed by atoms with E-state index in [4.69, 9.17) is 34.2 Å². The van der Waals surface area contributed by atoms with E-state index in [1.807, 2.05) is 0 Å². The van der Waals surface area contributed by atoms with Gasteiger partial charge in [-0.15, -0.1) is 0 Å². The van der Waals surface area contributed by atoms with E-state index in [1.54, 1.807) is 0 Å². The summed E-state index contributed by atoms with van der Waals surface area (Å²) < 4.78 is 13.7. The van der Waals surface area contributed by atoms with Crippen molar-refractivity contribution in [3.05, 3.63) is 0 Å². The highest BCUT2D eigenvalue weighted by Gasteiger charge is 2.53. The Morgan fingerprint density at radius 2 is 1.85 bits per heavy atom. The number of hydrogen-bond donors (Lipinski definition) is 10. The first-order valence-electron chi connectivity index (χ1n) is 6.96. The Morgan fingerprint density at radius 3 is 2.19 bits per heavy atom. The second kappa shape index (κ2) is 9.66. The summed E-state index contributed by atoms with van der Waals surface area (Å²) in [5.74, 6) is -5.17. The number of hydrogen-bond acceptors (Lipinski definition) is 9. The predicted octanol–water partition coefficient (Wildman–Crippen LogP) is -4.80. The lowest BCUT2D eigenvalue weighted by Gasteiger charge is -2.44. The van der Waals surface area contributed by atoms with E-state index in [1.165, 1.54) is 0 Å². The number of rotatable bonds is 5. The first-order valence-corrected chi connectivity index (χ1v) is 8.53. The molecule has 0 aromatic rings. The van der Waals surface area contributed by atoms with E-state index in [0.717, 1.165) is 6.92 Å². The van der Waals surface area contributed by atoms with E-state index in [0.29, 0.717) is 0 Å². The van der Waals surface area contributed by atoms with Crippen LogP contribution in [0.15, 0.2) is 0 Å². The predicted molar refractivity (Wildman–Crippen MR) is 79.0 cm³/mol. The van der Waals surface area contributed by atoms with Gasteiger partial charge in [-0.1, -0.05) is 0 Å². The summed E-state index contributed by atoms with van der Waals surface area (Å²) in [5, 5.41) is 59.0. The minimum atomic E-state index is -4.64. The molecule has 1 fully saturated rings. The molecule has 0 bridgehead atoms. The van der Waals surface area contributed by atoms with Crippen molar-refractivity contribution in [2.45, 2.75) is 49.6 Å². The Labute approximate surface area is 146 Å². The Bertz CT molecular complexity index is 530. The van der Waals surface area contributed by atoms with Crippen molar-refractivity contribution in [2.75, 3.05) is 6.61 Å². The number of carboxylic acid groups (broad SMARTS) is 1. The molecule has 0 spiro atoms. The van der Waals surface area contributed by atoms with Crippen LogP contribution in [0.4, 0.5) is 0 Å². The van der Waals surface area contributed by atoms with Crippen molar-refractivity contribution in [1.82, 2.24) is 5.32 Å². The number of amides is 1. The van der Waals surface area contributed by atoms with Gasteiger partial charge < -0.3 is 55.4 Å². The van der Waals surface area contributed by atoms with Crippen molar-refractivity contribution in [3.63, 3.8) is 0 Å². The van der Waals surface area contributed by atoms with E-state index >= 15 is 0 Å². The van der Waals surface area contributed by atoms with E-state index in [-0.39, 0.29) is 0 Å². The molecule has 0 aromatic heterocycles. The standard InChI is InChI=1S/C11H19NO9.H3O4P/c1-4(14)12-7-5(15)2-11(20,10(18)19)21-9(7)8(17)6(16)3-13;1-5(2,3)4/h5-9,13,15-17,20H,2-3H2,1H3,(H,12,14)(H,18,19);(H3,1,2,3,4)/t5-,6+,7+,8+,9+,11?;/m0./s1/i4+2;. The summed E-state index contributed by atoms with van der Waals surface area (Å²) in [6, 6.07) is -1.27. The number of carbonyl (C=O) groups is 2. The number of carboxylic acids is 1. The van der Waals surface area contributed by atoms with Gasteiger partial charge in [-0.2, -0.15) is 0 Å². The average Bonchev–Trinajstić information content (AvgIpc) is 2.46. The zero-order valence-corrected chi connectivity index (χ0v) is 14.3. The van der Waals surface area contributed by atoms with Crippen molar-refractivity contribution < 1.29 is 64.2 Å². The number of carbonyl (C=O) groups excluding carboxylic acids is 1. The molecule has 1 aliphatic heterocycles. The van der Waals surface area contributed by atoms with Crippen molar-refractivity contribution in [2.24, 2.45) is 0 Å². The first-order chi connectivity index (χ1) is 11.6. The van der Waals surface area contributed by atoms with Gasteiger partial charge in [0, 0.05) is 13.3 Å². The summed E-state index contributed by atoms with van der Waals surface area (Å²) in [6.07, 6.45) is -7.48. The van der Waals surface area contributed by atoms with Crippen LogP contribution in [0.2, 0.25) is 0 Å². The number of phosphoric acid groups is 1. The molecule has 1 rings (SSSR count). The van der Waals surface area contributed by atoms with Crippen LogP contribution < -0.4 is 5.32 Å². The number of aliphatic hydroxyl groups excluding tert-OH is 4. The Kier molecular flexibility index (Phi) is 9.22. The molecule has 26 heavy (non-hydrogen) atoms. The van der Waals surface area contributed by atoms with E-state index < -0.39 is 69.0 Å². The lowest BCUT2D eigenvalue weighted by atomic mass is 9.89. The molecular weight excluding hydrogens is 387 g/mol. The van der Waals surface area contributed by atoms with Crippen molar-refractivity contribution in [1.29, 1.82) is 0 Å². The van der Waals surface area contributed by atoms with Crippen LogP contribution in [-0.4, -0.2) is 100 Å². The fraction of sp³-hybridized carbons (Fsp3) is 0.818. The largest absolute Gasteiger partial charge is 0.477 e. The normalized spacial score (nSPS) is 31.2. The maximum atomic E-state index is 11.1. The van der Waals surface area contributed by atoms with Gasteiger partial charge in [0.2, 0.25) is 5.91 Å². The fourth-order valence-electron chi connectivity index (χ4n) is 2.14. The highest BCUT2D eigenvalue weighted by atomic mass is 31.2.